The number of aromatic nitrogens is 2. The number of methoxy groups -OCH3 is 2. The Balaban J connectivity index is 1.57. The summed E-state index contributed by atoms with van der Waals surface area (Å²) < 4.78 is 44.7. The summed E-state index contributed by atoms with van der Waals surface area (Å²) in [5.74, 6) is 1.12. The van der Waals surface area contributed by atoms with Crippen LogP contribution in [0.25, 0.3) is 11.5 Å². The molecule has 0 radical (unpaired) electrons. The molecule has 1 saturated heterocycles. The fraction of sp³-hybridized carbons (Fsp3) is 0.348. The van der Waals surface area contributed by atoms with Crippen molar-refractivity contribution >= 4 is 21.6 Å². The Morgan fingerprint density at radius 2 is 1.88 bits per heavy atom. The molecule has 4 rings (SSSR count). The number of anilines is 1. The number of carbonyl (C=O) groups is 1. The number of sulfonamides is 1. The standard InChI is InChI=1S/C23H26N4O6S/c1-15(28)24-19-13-17(10-11-21(19)32-3)34(29,30)27-12-6-7-16(14-27)22-25-26-23(33-22)18-8-4-5-9-20(18)31-2/h4-5,8-11,13,16H,6-7,12,14H2,1-3H3,(H,24,28). The number of hydrogen-bond donors (Lipinski definition) is 1. The molecule has 2 heterocycles. The number of rotatable bonds is 7. The number of nitrogens with one attached hydrogen (secondary N) is 1. The average molecular weight is 487 g/mol. The smallest absolute Gasteiger partial charge is 0.251 e. The van der Waals surface area contributed by atoms with Crippen LogP contribution in [0.3, 0.4) is 0 Å². The van der Waals surface area contributed by atoms with E-state index in [1.807, 2.05) is 18.2 Å². The summed E-state index contributed by atoms with van der Waals surface area (Å²) in [5.41, 5.74) is 0.968. The normalized spacial score (nSPS) is 16.7. The molecule has 0 aliphatic carbocycles. The molecule has 3 aromatic rings. The van der Waals surface area contributed by atoms with Crippen LogP contribution < -0.4 is 14.8 Å². The van der Waals surface area contributed by atoms with Crippen LogP contribution in [-0.4, -0.2) is 56.1 Å². The second-order valence-corrected chi connectivity index (χ2v) is 9.83. The zero-order valence-corrected chi connectivity index (χ0v) is 20.0. The first-order valence-electron chi connectivity index (χ1n) is 10.8. The average Bonchev–Trinajstić information content (AvgIpc) is 3.34. The second kappa shape index (κ2) is 9.82. The van der Waals surface area contributed by atoms with Crippen molar-refractivity contribution < 1.29 is 27.1 Å². The molecule has 11 heteroatoms. The van der Waals surface area contributed by atoms with E-state index in [-0.39, 0.29) is 23.3 Å². The first-order chi connectivity index (χ1) is 16.3. The number of hydrogen-bond acceptors (Lipinski definition) is 8. The first-order valence-corrected chi connectivity index (χ1v) is 12.2. The van der Waals surface area contributed by atoms with Gasteiger partial charge in [0, 0.05) is 20.0 Å². The zero-order valence-electron chi connectivity index (χ0n) is 19.1. The van der Waals surface area contributed by atoms with E-state index in [0.717, 1.165) is 6.42 Å². The molecule has 1 aromatic heterocycles. The third-order valence-electron chi connectivity index (χ3n) is 5.63. The van der Waals surface area contributed by atoms with Gasteiger partial charge in [0.15, 0.2) is 0 Å². The molecule has 2 aromatic carbocycles. The predicted octanol–water partition coefficient (Wildman–Crippen LogP) is 3.28. The van der Waals surface area contributed by atoms with E-state index in [1.165, 1.54) is 36.5 Å². The molecule has 1 amide bonds. The van der Waals surface area contributed by atoms with Crippen molar-refractivity contribution in [3.63, 3.8) is 0 Å². The number of nitrogens with zero attached hydrogens (tertiary/aromatic N) is 3. The van der Waals surface area contributed by atoms with E-state index in [0.29, 0.717) is 47.5 Å². The molecule has 1 unspecified atom stereocenters. The van der Waals surface area contributed by atoms with Gasteiger partial charge in [0.05, 0.1) is 36.3 Å². The van der Waals surface area contributed by atoms with E-state index < -0.39 is 10.0 Å². The van der Waals surface area contributed by atoms with Gasteiger partial charge in [0.25, 0.3) is 5.89 Å². The molecule has 180 valence electrons. The molecule has 10 nitrogen and oxygen atoms in total. The number of piperidine rings is 1. The largest absolute Gasteiger partial charge is 0.496 e. The van der Waals surface area contributed by atoms with Gasteiger partial charge in [-0.25, -0.2) is 8.42 Å². The van der Waals surface area contributed by atoms with E-state index in [1.54, 1.807) is 13.2 Å². The van der Waals surface area contributed by atoms with Crippen molar-refractivity contribution in [1.82, 2.24) is 14.5 Å². The molecule has 0 saturated carbocycles. The fourth-order valence-electron chi connectivity index (χ4n) is 3.98. The van der Waals surface area contributed by atoms with Crippen molar-refractivity contribution in [2.24, 2.45) is 0 Å². The molecule has 34 heavy (non-hydrogen) atoms. The highest BCUT2D eigenvalue weighted by Crippen LogP contribution is 2.35. The molecule has 1 fully saturated rings. The molecule has 0 spiro atoms. The maximum Gasteiger partial charge on any atom is 0.251 e. The minimum Gasteiger partial charge on any atom is -0.496 e. The quantitative estimate of drug-likeness (QED) is 0.540. The molecular weight excluding hydrogens is 460 g/mol. The molecule has 1 N–H and O–H groups in total. The highest BCUT2D eigenvalue weighted by molar-refractivity contribution is 7.89. The topological polar surface area (TPSA) is 124 Å². The Labute approximate surface area is 197 Å². The van der Waals surface area contributed by atoms with Crippen LogP contribution in [0.5, 0.6) is 11.5 Å². The lowest BCUT2D eigenvalue weighted by Gasteiger charge is -2.30. The monoisotopic (exact) mass is 486 g/mol. The SMILES string of the molecule is COc1ccc(S(=O)(=O)N2CCCC(c3nnc(-c4ccccc4OC)o3)C2)cc1NC(C)=O. The van der Waals surface area contributed by atoms with E-state index in [2.05, 4.69) is 15.5 Å². The summed E-state index contributed by atoms with van der Waals surface area (Å²) in [4.78, 5) is 11.6. The lowest BCUT2D eigenvalue weighted by molar-refractivity contribution is -0.114. The summed E-state index contributed by atoms with van der Waals surface area (Å²) in [6, 6.07) is 11.7. The summed E-state index contributed by atoms with van der Waals surface area (Å²) in [5, 5.41) is 11.0. The fourth-order valence-corrected chi connectivity index (χ4v) is 5.53. The van der Waals surface area contributed by atoms with Crippen molar-refractivity contribution in [1.29, 1.82) is 0 Å². The molecule has 1 aliphatic rings. The Bertz CT molecular complexity index is 1290. The van der Waals surface area contributed by atoms with Gasteiger partial charge in [-0.2, -0.15) is 4.31 Å². The summed E-state index contributed by atoms with van der Waals surface area (Å²) in [6.45, 7) is 1.92. The van der Waals surface area contributed by atoms with Gasteiger partial charge in [0.1, 0.15) is 11.5 Å². The van der Waals surface area contributed by atoms with Crippen LogP contribution in [-0.2, 0) is 14.8 Å². The number of para-hydroxylation sites is 1. The minimum absolute atomic E-state index is 0.0675. The predicted molar refractivity (Wildman–Crippen MR) is 124 cm³/mol. The van der Waals surface area contributed by atoms with Gasteiger partial charge in [-0.15, -0.1) is 10.2 Å². The highest BCUT2D eigenvalue weighted by atomic mass is 32.2. The van der Waals surface area contributed by atoms with Gasteiger partial charge in [-0.05, 0) is 43.2 Å². The lowest BCUT2D eigenvalue weighted by atomic mass is 10.00. The van der Waals surface area contributed by atoms with E-state index in [4.69, 9.17) is 13.9 Å². The van der Waals surface area contributed by atoms with Crippen molar-refractivity contribution in [3.8, 4) is 23.0 Å². The highest BCUT2D eigenvalue weighted by Gasteiger charge is 2.34. The van der Waals surface area contributed by atoms with Crippen LogP contribution >= 0.6 is 0 Å². The molecule has 0 bridgehead atoms. The van der Waals surface area contributed by atoms with E-state index >= 15 is 0 Å². The van der Waals surface area contributed by atoms with Gasteiger partial charge in [-0.3, -0.25) is 4.79 Å². The number of benzene rings is 2. The van der Waals surface area contributed by atoms with Gasteiger partial charge in [0.2, 0.25) is 21.8 Å². The minimum atomic E-state index is -3.83. The molecule has 1 atom stereocenters. The Morgan fingerprint density at radius 1 is 1.12 bits per heavy atom. The van der Waals surface area contributed by atoms with Crippen molar-refractivity contribution in [3.05, 3.63) is 48.4 Å². The van der Waals surface area contributed by atoms with Crippen molar-refractivity contribution in [2.75, 3.05) is 32.6 Å². The van der Waals surface area contributed by atoms with Gasteiger partial charge < -0.3 is 19.2 Å². The second-order valence-electron chi connectivity index (χ2n) is 7.89. The number of ether oxygens (including phenoxy) is 2. The van der Waals surface area contributed by atoms with Crippen LogP contribution in [0.1, 0.15) is 31.6 Å². The third-order valence-corrected chi connectivity index (χ3v) is 7.49. The Hall–Kier alpha value is -3.44. The van der Waals surface area contributed by atoms with E-state index in [9.17, 15) is 13.2 Å². The Morgan fingerprint density at radius 3 is 2.62 bits per heavy atom. The lowest BCUT2D eigenvalue weighted by Crippen LogP contribution is -2.39. The van der Waals surface area contributed by atoms with Gasteiger partial charge >= 0.3 is 0 Å². The van der Waals surface area contributed by atoms with Crippen LogP contribution in [0.15, 0.2) is 51.8 Å². The summed E-state index contributed by atoms with van der Waals surface area (Å²) >= 11 is 0. The Kier molecular flexibility index (Phi) is 6.85. The summed E-state index contributed by atoms with van der Waals surface area (Å²) in [7, 11) is -0.808. The maximum atomic E-state index is 13.4. The number of carbonyl (C=O) groups excluding carboxylic acids is 1. The first kappa shape index (κ1) is 23.7. The van der Waals surface area contributed by atoms with Crippen LogP contribution in [0.2, 0.25) is 0 Å². The van der Waals surface area contributed by atoms with Crippen LogP contribution in [0.4, 0.5) is 5.69 Å². The zero-order chi connectivity index (χ0) is 24.3. The third kappa shape index (κ3) is 4.75. The van der Waals surface area contributed by atoms with Gasteiger partial charge in [-0.1, -0.05) is 12.1 Å². The maximum absolute atomic E-state index is 13.4. The number of amides is 1. The molecule has 1 aliphatic heterocycles. The molecular formula is C23H26N4O6S. The summed E-state index contributed by atoms with van der Waals surface area (Å²) in [6.07, 6.45) is 1.37. The van der Waals surface area contributed by atoms with Crippen molar-refractivity contribution in [2.45, 2.75) is 30.6 Å². The van der Waals surface area contributed by atoms with Crippen LogP contribution in [0, 0.1) is 0 Å².